The number of ether oxygens (including phenoxy) is 1. The number of amides is 1. The molecular weight excluding hydrogens is 462 g/mol. The number of nitrogens with zero attached hydrogens (tertiary/aromatic N) is 2. The molecule has 37 heavy (non-hydrogen) atoms. The smallest absolute Gasteiger partial charge is 0.251 e. The molecule has 2 atom stereocenters. The summed E-state index contributed by atoms with van der Waals surface area (Å²) >= 11 is 0. The minimum absolute atomic E-state index is 0.0403. The van der Waals surface area contributed by atoms with Crippen LogP contribution in [0.3, 0.4) is 0 Å². The van der Waals surface area contributed by atoms with E-state index in [1.54, 1.807) is 6.07 Å². The van der Waals surface area contributed by atoms with Crippen molar-refractivity contribution in [2.24, 2.45) is 5.92 Å². The highest BCUT2D eigenvalue weighted by atomic mass is 16.5. The Morgan fingerprint density at radius 3 is 2.38 bits per heavy atom. The maximum Gasteiger partial charge on any atom is 0.251 e. The lowest BCUT2D eigenvalue weighted by Gasteiger charge is -2.42. The van der Waals surface area contributed by atoms with Crippen molar-refractivity contribution >= 4 is 11.6 Å². The van der Waals surface area contributed by atoms with Gasteiger partial charge in [0.15, 0.2) is 0 Å². The van der Waals surface area contributed by atoms with Crippen LogP contribution >= 0.6 is 0 Å². The number of nitrogens with one attached hydrogen (secondary N) is 1. The predicted molar refractivity (Wildman–Crippen MR) is 150 cm³/mol. The first-order valence-electron chi connectivity index (χ1n) is 13.1. The molecule has 3 aromatic rings. The number of phenolic OH excluding ortho intramolecular Hbond substituents is 1. The fraction of sp³-hybridized carbons (Fsp3) is 0.387. The lowest BCUT2D eigenvalue weighted by molar-refractivity contribution is 0.0903. The van der Waals surface area contributed by atoms with Gasteiger partial charge < -0.3 is 20.1 Å². The Balaban J connectivity index is 1.33. The molecule has 0 spiro atoms. The lowest BCUT2D eigenvalue weighted by Crippen LogP contribution is -2.56. The zero-order valence-electron chi connectivity index (χ0n) is 22.6. The van der Waals surface area contributed by atoms with Crippen LogP contribution in [0.2, 0.25) is 0 Å². The summed E-state index contributed by atoms with van der Waals surface area (Å²) in [6, 6.07) is 21.2. The number of rotatable bonds is 8. The highest BCUT2D eigenvalue weighted by Gasteiger charge is 2.27. The van der Waals surface area contributed by atoms with E-state index in [1.165, 1.54) is 11.1 Å². The average molecular weight is 502 g/mol. The van der Waals surface area contributed by atoms with Crippen molar-refractivity contribution in [3.05, 3.63) is 83.4 Å². The van der Waals surface area contributed by atoms with Crippen LogP contribution < -0.4 is 15.0 Å². The van der Waals surface area contributed by atoms with Crippen LogP contribution in [0, 0.1) is 19.8 Å². The molecule has 1 aliphatic heterocycles. The molecule has 0 saturated carbocycles. The monoisotopic (exact) mass is 501 g/mol. The van der Waals surface area contributed by atoms with Gasteiger partial charge in [-0.25, -0.2) is 0 Å². The van der Waals surface area contributed by atoms with Crippen molar-refractivity contribution in [2.45, 2.75) is 46.7 Å². The van der Waals surface area contributed by atoms with E-state index in [9.17, 15) is 9.90 Å². The summed E-state index contributed by atoms with van der Waals surface area (Å²) < 4.78 is 5.97. The molecule has 6 nitrogen and oxygen atoms in total. The molecule has 0 radical (unpaired) electrons. The van der Waals surface area contributed by atoms with E-state index < -0.39 is 0 Å². The highest BCUT2D eigenvalue weighted by Crippen LogP contribution is 2.26. The molecule has 0 unspecified atom stereocenters. The van der Waals surface area contributed by atoms with Crippen LogP contribution in [0.15, 0.2) is 66.7 Å². The Kier molecular flexibility index (Phi) is 8.39. The third-order valence-electron chi connectivity index (χ3n) is 7.28. The molecule has 1 amide bonds. The Morgan fingerprint density at radius 2 is 1.73 bits per heavy atom. The van der Waals surface area contributed by atoms with Crippen molar-refractivity contribution in [3.8, 4) is 17.2 Å². The van der Waals surface area contributed by atoms with Crippen molar-refractivity contribution in [3.63, 3.8) is 0 Å². The molecule has 1 fully saturated rings. The molecule has 0 bridgehead atoms. The van der Waals surface area contributed by atoms with Gasteiger partial charge in [-0.3, -0.25) is 9.69 Å². The summed E-state index contributed by atoms with van der Waals surface area (Å²) in [6.07, 6.45) is 0. The second kappa shape index (κ2) is 11.7. The molecule has 196 valence electrons. The highest BCUT2D eigenvalue weighted by molar-refractivity contribution is 5.94. The minimum atomic E-state index is -0.0668. The van der Waals surface area contributed by atoms with Crippen molar-refractivity contribution in [1.82, 2.24) is 10.2 Å². The summed E-state index contributed by atoms with van der Waals surface area (Å²) in [7, 11) is 0. The van der Waals surface area contributed by atoms with Gasteiger partial charge in [0.05, 0.1) is 0 Å². The molecule has 2 N–H and O–H groups in total. The summed E-state index contributed by atoms with van der Waals surface area (Å²) in [5.74, 6) is 2.02. The first-order valence-corrected chi connectivity index (χ1v) is 13.1. The topological polar surface area (TPSA) is 65.0 Å². The van der Waals surface area contributed by atoms with Gasteiger partial charge in [0, 0.05) is 55.6 Å². The molecule has 1 heterocycles. The molecule has 6 heteroatoms. The number of hydrogen-bond acceptors (Lipinski definition) is 5. The van der Waals surface area contributed by atoms with Crippen LogP contribution in [-0.4, -0.2) is 54.2 Å². The van der Waals surface area contributed by atoms with E-state index in [0.29, 0.717) is 29.0 Å². The fourth-order valence-electron chi connectivity index (χ4n) is 4.79. The SMILES string of the molecule is Cc1ccc(Oc2ccc(C(=O)N[C@H](CN3CCN(c4cccc(O)c4)[C@@H](C)C3)C(C)C)cc2)cc1C. The number of aromatic hydroxyl groups is 1. The first-order chi connectivity index (χ1) is 17.7. The van der Waals surface area contributed by atoms with E-state index in [2.05, 4.69) is 49.7 Å². The molecule has 3 aromatic carbocycles. The number of benzene rings is 3. The van der Waals surface area contributed by atoms with Crippen molar-refractivity contribution in [2.75, 3.05) is 31.1 Å². The van der Waals surface area contributed by atoms with Crippen LogP contribution in [-0.2, 0) is 0 Å². The number of carbonyl (C=O) groups excluding carboxylic acids is 1. The second-order valence-electron chi connectivity index (χ2n) is 10.5. The van der Waals surface area contributed by atoms with E-state index in [-0.39, 0.29) is 11.9 Å². The second-order valence-corrected chi connectivity index (χ2v) is 10.5. The number of carbonyl (C=O) groups is 1. The molecule has 0 aliphatic carbocycles. The quantitative estimate of drug-likeness (QED) is 0.410. The zero-order chi connectivity index (χ0) is 26.5. The summed E-state index contributed by atoms with van der Waals surface area (Å²) in [5, 5.41) is 13.1. The number of anilines is 1. The maximum absolute atomic E-state index is 13.1. The number of hydrogen-bond donors (Lipinski definition) is 2. The lowest BCUT2D eigenvalue weighted by atomic mass is 10.0. The van der Waals surface area contributed by atoms with Crippen LogP contribution in [0.25, 0.3) is 0 Å². The standard InChI is InChI=1S/C31H39N3O3/c1-21(2)30(20-33-15-16-34(24(5)19-33)26-7-6-8-27(35)18-26)32-31(36)25-10-13-28(14-11-25)37-29-12-9-22(3)23(4)17-29/h6-14,17-18,21,24,30,35H,15-16,19-20H2,1-5H3,(H,32,36)/t24-,30+/m0/s1. The third-order valence-corrected chi connectivity index (χ3v) is 7.28. The molecule has 0 aromatic heterocycles. The van der Waals surface area contributed by atoms with Gasteiger partial charge >= 0.3 is 0 Å². The molecular formula is C31H39N3O3. The van der Waals surface area contributed by atoms with Gasteiger partial charge in [-0.05, 0) is 86.3 Å². The Morgan fingerprint density at radius 1 is 1.00 bits per heavy atom. The zero-order valence-corrected chi connectivity index (χ0v) is 22.6. The largest absolute Gasteiger partial charge is 0.508 e. The Labute approximate surface area is 220 Å². The van der Waals surface area contributed by atoms with Crippen molar-refractivity contribution < 1.29 is 14.6 Å². The first kappa shape index (κ1) is 26.6. The Hall–Kier alpha value is -3.51. The summed E-state index contributed by atoms with van der Waals surface area (Å²) in [6.45, 7) is 14.1. The van der Waals surface area contributed by atoms with Gasteiger partial charge in [-0.2, -0.15) is 0 Å². The van der Waals surface area contributed by atoms with Crippen LogP contribution in [0.1, 0.15) is 42.3 Å². The van der Waals surface area contributed by atoms with Crippen LogP contribution in [0.4, 0.5) is 5.69 Å². The number of phenols is 1. The van der Waals surface area contributed by atoms with Gasteiger partial charge in [0.25, 0.3) is 5.91 Å². The van der Waals surface area contributed by atoms with Crippen LogP contribution in [0.5, 0.6) is 17.2 Å². The summed E-state index contributed by atoms with van der Waals surface area (Å²) in [4.78, 5) is 17.8. The van der Waals surface area contributed by atoms with E-state index >= 15 is 0 Å². The van der Waals surface area contributed by atoms with E-state index in [1.807, 2.05) is 60.7 Å². The number of piperazine rings is 1. The molecule has 1 aliphatic rings. The van der Waals surface area contributed by atoms with Gasteiger partial charge in [0.2, 0.25) is 0 Å². The maximum atomic E-state index is 13.1. The van der Waals surface area contributed by atoms with Crippen molar-refractivity contribution in [1.29, 1.82) is 0 Å². The molecule has 4 rings (SSSR count). The third kappa shape index (κ3) is 6.83. The van der Waals surface area contributed by atoms with Gasteiger partial charge in [-0.1, -0.05) is 26.0 Å². The predicted octanol–water partition coefficient (Wildman–Crippen LogP) is 5.77. The minimum Gasteiger partial charge on any atom is -0.508 e. The van der Waals surface area contributed by atoms with E-state index in [4.69, 9.17) is 4.74 Å². The number of aryl methyl sites for hydroxylation is 2. The van der Waals surface area contributed by atoms with Gasteiger partial charge in [-0.15, -0.1) is 0 Å². The molecule has 1 saturated heterocycles. The van der Waals surface area contributed by atoms with Gasteiger partial charge in [0.1, 0.15) is 17.2 Å². The average Bonchev–Trinajstić information content (AvgIpc) is 2.86. The normalized spacial score (nSPS) is 17.0. The summed E-state index contributed by atoms with van der Waals surface area (Å²) in [5.41, 5.74) is 4.08. The Bertz CT molecular complexity index is 1210. The van der Waals surface area contributed by atoms with E-state index in [0.717, 1.165) is 37.6 Å². The fourth-order valence-corrected chi connectivity index (χ4v) is 4.79.